The molecule has 0 unspecified atom stereocenters. The van der Waals surface area contributed by atoms with Crippen LogP contribution in [0, 0.1) is 0 Å². The molecule has 194 valence electrons. The lowest BCUT2D eigenvalue weighted by Crippen LogP contribution is -2.35. The number of thiophene rings is 1. The zero-order valence-electron chi connectivity index (χ0n) is 20.7. The van der Waals surface area contributed by atoms with Gasteiger partial charge in [0.25, 0.3) is 5.91 Å². The first-order chi connectivity index (χ1) is 18.4. The molecular formula is C29H26N2O5S2. The van der Waals surface area contributed by atoms with Crippen molar-refractivity contribution in [2.75, 3.05) is 18.5 Å². The minimum Gasteiger partial charge on any atom is -0.462 e. The normalized spacial score (nSPS) is 13.5. The number of anilines is 1. The Morgan fingerprint density at radius 3 is 2.34 bits per heavy atom. The smallest absolute Gasteiger partial charge is 0.350 e. The van der Waals surface area contributed by atoms with E-state index in [1.165, 1.54) is 39.9 Å². The lowest BCUT2D eigenvalue weighted by Gasteiger charge is -2.28. The van der Waals surface area contributed by atoms with Crippen LogP contribution in [0.2, 0.25) is 0 Å². The molecular weight excluding hydrogens is 520 g/mol. The summed E-state index contributed by atoms with van der Waals surface area (Å²) in [6.45, 7) is 2.66. The molecule has 3 aromatic carbocycles. The molecule has 1 amide bonds. The van der Waals surface area contributed by atoms with Gasteiger partial charge in [-0.3, -0.25) is 4.79 Å². The summed E-state index contributed by atoms with van der Waals surface area (Å²) in [5, 5.41) is 2.80. The first kappa shape index (κ1) is 25.8. The van der Waals surface area contributed by atoms with Crippen molar-refractivity contribution in [1.29, 1.82) is 0 Å². The van der Waals surface area contributed by atoms with Crippen molar-refractivity contribution in [3.8, 4) is 10.4 Å². The molecule has 7 nitrogen and oxygen atoms in total. The van der Waals surface area contributed by atoms with Crippen LogP contribution in [0.3, 0.4) is 0 Å². The van der Waals surface area contributed by atoms with Crippen LogP contribution in [0.15, 0.2) is 89.8 Å². The third-order valence-electron chi connectivity index (χ3n) is 6.35. The van der Waals surface area contributed by atoms with Crippen LogP contribution >= 0.6 is 11.3 Å². The topological polar surface area (TPSA) is 92.8 Å². The number of ether oxygens (including phenoxy) is 1. The lowest BCUT2D eigenvalue weighted by atomic mass is 10.0. The van der Waals surface area contributed by atoms with Gasteiger partial charge in [0, 0.05) is 23.5 Å². The number of rotatable bonds is 7. The first-order valence-corrected chi connectivity index (χ1v) is 14.5. The van der Waals surface area contributed by atoms with Crippen molar-refractivity contribution < 1.29 is 22.7 Å². The molecule has 0 radical (unpaired) electrons. The van der Waals surface area contributed by atoms with Crippen molar-refractivity contribution in [2.45, 2.75) is 24.8 Å². The minimum atomic E-state index is -3.72. The Morgan fingerprint density at radius 2 is 1.63 bits per heavy atom. The highest BCUT2D eigenvalue weighted by molar-refractivity contribution is 7.89. The van der Waals surface area contributed by atoms with E-state index in [2.05, 4.69) is 5.32 Å². The summed E-state index contributed by atoms with van der Waals surface area (Å²) in [6, 6.07) is 25.0. The second kappa shape index (κ2) is 10.9. The maximum atomic E-state index is 13.3. The van der Waals surface area contributed by atoms with Crippen molar-refractivity contribution in [3.05, 3.63) is 106 Å². The number of amides is 1. The Balaban J connectivity index is 1.35. The average molecular weight is 547 g/mol. The number of hydrogen-bond donors (Lipinski definition) is 1. The van der Waals surface area contributed by atoms with Crippen LogP contribution in [0.4, 0.5) is 5.69 Å². The number of esters is 1. The van der Waals surface area contributed by atoms with E-state index in [1.807, 2.05) is 54.6 Å². The largest absolute Gasteiger partial charge is 0.462 e. The molecule has 1 aliphatic rings. The van der Waals surface area contributed by atoms with Crippen molar-refractivity contribution in [2.24, 2.45) is 0 Å². The van der Waals surface area contributed by atoms with Gasteiger partial charge in [0.15, 0.2) is 0 Å². The SMILES string of the molecule is CCOC(=O)c1sc(-c2ccccc2)cc1NC(=O)c1ccc(S(=O)(=O)N2CCc3ccccc3C2)cc1. The molecule has 1 aliphatic heterocycles. The van der Waals surface area contributed by atoms with E-state index in [9.17, 15) is 18.0 Å². The fraction of sp³-hybridized carbons (Fsp3) is 0.172. The monoisotopic (exact) mass is 546 g/mol. The van der Waals surface area contributed by atoms with E-state index in [-0.39, 0.29) is 17.1 Å². The van der Waals surface area contributed by atoms with Crippen LogP contribution in [-0.4, -0.2) is 37.8 Å². The highest BCUT2D eigenvalue weighted by Crippen LogP contribution is 2.35. The fourth-order valence-corrected chi connectivity index (χ4v) is 6.81. The van der Waals surface area contributed by atoms with Gasteiger partial charge in [0.2, 0.25) is 10.0 Å². The molecule has 0 fully saturated rings. The highest BCUT2D eigenvalue weighted by atomic mass is 32.2. The molecule has 0 atom stereocenters. The summed E-state index contributed by atoms with van der Waals surface area (Å²) in [4.78, 5) is 26.9. The second-order valence-electron chi connectivity index (χ2n) is 8.78. The summed E-state index contributed by atoms with van der Waals surface area (Å²) in [6.07, 6.45) is 0.657. The first-order valence-electron chi connectivity index (χ1n) is 12.2. The Bertz CT molecular complexity index is 1580. The highest BCUT2D eigenvalue weighted by Gasteiger charge is 2.28. The van der Waals surface area contributed by atoms with Crippen molar-refractivity contribution in [3.63, 3.8) is 0 Å². The average Bonchev–Trinajstić information content (AvgIpc) is 3.37. The van der Waals surface area contributed by atoms with Gasteiger partial charge in [0.05, 0.1) is 17.2 Å². The quantitative estimate of drug-likeness (QED) is 0.305. The molecule has 0 aliphatic carbocycles. The van der Waals surface area contributed by atoms with Crippen LogP contribution in [-0.2, 0) is 27.7 Å². The van der Waals surface area contributed by atoms with Crippen LogP contribution in [0.5, 0.6) is 0 Å². The van der Waals surface area contributed by atoms with Gasteiger partial charge >= 0.3 is 5.97 Å². The zero-order valence-corrected chi connectivity index (χ0v) is 22.3. The summed E-state index contributed by atoms with van der Waals surface area (Å²) < 4.78 is 33.2. The Morgan fingerprint density at radius 1 is 0.947 bits per heavy atom. The number of carbonyl (C=O) groups is 2. The molecule has 0 saturated heterocycles. The predicted molar refractivity (Wildman–Crippen MR) is 148 cm³/mol. The van der Waals surface area contributed by atoms with E-state index in [1.54, 1.807) is 13.0 Å². The zero-order chi connectivity index (χ0) is 26.7. The summed E-state index contributed by atoms with van der Waals surface area (Å²) >= 11 is 1.24. The number of hydrogen-bond acceptors (Lipinski definition) is 6. The maximum absolute atomic E-state index is 13.3. The van der Waals surface area contributed by atoms with E-state index in [4.69, 9.17) is 4.74 Å². The summed E-state index contributed by atoms with van der Waals surface area (Å²) in [5.74, 6) is -0.969. The Hall–Kier alpha value is -3.79. The van der Waals surface area contributed by atoms with Gasteiger partial charge in [0.1, 0.15) is 4.88 Å². The molecule has 4 aromatic rings. The van der Waals surface area contributed by atoms with Crippen LogP contribution in [0.1, 0.15) is 38.1 Å². The summed E-state index contributed by atoms with van der Waals surface area (Å²) in [5.41, 5.74) is 3.70. The Labute approximate surface area is 225 Å². The number of sulfonamides is 1. The number of carbonyl (C=O) groups excluding carboxylic acids is 2. The number of nitrogens with one attached hydrogen (secondary N) is 1. The molecule has 1 aromatic heterocycles. The van der Waals surface area contributed by atoms with Crippen molar-refractivity contribution >= 4 is 38.9 Å². The van der Waals surface area contributed by atoms with Gasteiger partial charge in [-0.1, -0.05) is 54.6 Å². The van der Waals surface area contributed by atoms with Gasteiger partial charge in [-0.05, 0) is 60.4 Å². The van der Waals surface area contributed by atoms with Gasteiger partial charge < -0.3 is 10.1 Å². The standard InChI is InChI=1S/C29H26N2O5S2/c1-2-36-29(33)27-25(18-26(37-27)21-9-4-3-5-10-21)30-28(32)22-12-14-24(15-13-22)38(34,35)31-17-16-20-8-6-7-11-23(20)19-31/h3-15,18H,2,16-17,19H2,1H3,(H,30,32). The predicted octanol–water partition coefficient (Wildman–Crippen LogP) is 5.59. The minimum absolute atomic E-state index is 0.127. The lowest BCUT2D eigenvalue weighted by molar-refractivity contribution is 0.0533. The van der Waals surface area contributed by atoms with E-state index >= 15 is 0 Å². The number of benzene rings is 3. The molecule has 2 heterocycles. The second-order valence-corrected chi connectivity index (χ2v) is 11.8. The van der Waals surface area contributed by atoms with Gasteiger partial charge in [-0.2, -0.15) is 4.31 Å². The number of fused-ring (bicyclic) bond motifs is 1. The number of nitrogens with zero attached hydrogens (tertiary/aromatic N) is 1. The van der Waals surface area contributed by atoms with E-state index in [0.29, 0.717) is 30.1 Å². The van der Waals surface area contributed by atoms with E-state index in [0.717, 1.165) is 21.6 Å². The molecule has 0 bridgehead atoms. The fourth-order valence-electron chi connectivity index (χ4n) is 4.37. The van der Waals surface area contributed by atoms with Crippen molar-refractivity contribution in [1.82, 2.24) is 4.31 Å². The van der Waals surface area contributed by atoms with Crippen LogP contribution in [0.25, 0.3) is 10.4 Å². The third-order valence-corrected chi connectivity index (χ3v) is 9.37. The molecule has 38 heavy (non-hydrogen) atoms. The van der Waals surface area contributed by atoms with Gasteiger partial charge in [-0.25, -0.2) is 13.2 Å². The Kier molecular flexibility index (Phi) is 7.42. The van der Waals surface area contributed by atoms with Gasteiger partial charge in [-0.15, -0.1) is 11.3 Å². The maximum Gasteiger partial charge on any atom is 0.350 e. The van der Waals surface area contributed by atoms with E-state index < -0.39 is 21.9 Å². The molecule has 1 N–H and O–H groups in total. The molecule has 5 rings (SSSR count). The molecule has 0 spiro atoms. The third kappa shape index (κ3) is 5.26. The van der Waals surface area contributed by atoms with Crippen LogP contribution < -0.4 is 5.32 Å². The molecule has 9 heteroatoms. The molecule has 0 saturated carbocycles. The summed E-state index contributed by atoms with van der Waals surface area (Å²) in [7, 11) is -3.72.